The maximum Gasteiger partial charge on any atom is 0.233 e. The highest BCUT2D eigenvalue weighted by molar-refractivity contribution is 5.88. The topological polar surface area (TPSA) is 55.6 Å². The molecule has 5 nitrogen and oxygen atoms in total. The number of likely N-dealkylation sites (N-methyl/N-ethyl adjacent to an activating group) is 1. The number of hydrogen-bond acceptors (Lipinski definition) is 4. The van der Waals surface area contributed by atoms with Crippen molar-refractivity contribution in [3.63, 3.8) is 0 Å². The van der Waals surface area contributed by atoms with Gasteiger partial charge in [0.25, 0.3) is 0 Å². The van der Waals surface area contributed by atoms with Gasteiger partial charge in [0.05, 0.1) is 19.1 Å². The number of benzene rings is 1. The fourth-order valence-corrected chi connectivity index (χ4v) is 3.69. The third-order valence-corrected chi connectivity index (χ3v) is 4.93. The molecule has 1 aliphatic rings. The van der Waals surface area contributed by atoms with Gasteiger partial charge in [0.2, 0.25) is 5.91 Å². The lowest BCUT2D eigenvalue weighted by molar-refractivity contribution is -0.136. The maximum atomic E-state index is 13.3. The van der Waals surface area contributed by atoms with Crippen LogP contribution in [0.5, 0.6) is 5.75 Å². The molecule has 1 aliphatic carbocycles. The van der Waals surface area contributed by atoms with Crippen LogP contribution in [0.2, 0.25) is 0 Å². The normalized spacial score (nSPS) is 16.1. The van der Waals surface area contributed by atoms with Crippen LogP contribution in [-0.4, -0.2) is 30.1 Å². The van der Waals surface area contributed by atoms with Crippen molar-refractivity contribution in [2.24, 2.45) is 0 Å². The molecule has 1 saturated carbocycles. The van der Waals surface area contributed by atoms with E-state index >= 15 is 0 Å². The molecule has 0 radical (unpaired) electrons. The predicted molar refractivity (Wildman–Crippen MR) is 90.9 cm³/mol. The van der Waals surface area contributed by atoms with Gasteiger partial charge < -0.3 is 14.2 Å². The molecule has 0 spiro atoms. The summed E-state index contributed by atoms with van der Waals surface area (Å²) in [6.07, 6.45) is 3.93. The molecule has 1 heterocycles. The summed E-state index contributed by atoms with van der Waals surface area (Å²) in [6.45, 7) is 2.32. The molecule has 0 atom stereocenters. The van der Waals surface area contributed by atoms with Crippen LogP contribution in [0.3, 0.4) is 0 Å². The van der Waals surface area contributed by atoms with E-state index in [1.807, 2.05) is 44.3 Å². The lowest BCUT2D eigenvalue weighted by Gasteiger charge is -2.32. The SMILES string of the molecule is COc1ccc(C2(C(=O)N(C)Cc3cc(C)on3)CCCC2)cc1. The van der Waals surface area contributed by atoms with E-state index in [0.717, 1.165) is 48.5 Å². The van der Waals surface area contributed by atoms with E-state index < -0.39 is 5.41 Å². The summed E-state index contributed by atoms with van der Waals surface area (Å²) in [7, 11) is 3.50. The first kappa shape index (κ1) is 16.6. The molecule has 0 bridgehead atoms. The van der Waals surface area contributed by atoms with E-state index in [4.69, 9.17) is 9.26 Å². The van der Waals surface area contributed by atoms with E-state index in [0.29, 0.717) is 6.54 Å². The highest BCUT2D eigenvalue weighted by atomic mass is 16.5. The Labute approximate surface area is 142 Å². The lowest BCUT2D eigenvalue weighted by Crippen LogP contribution is -2.43. The number of aromatic nitrogens is 1. The van der Waals surface area contributed by atoms with Crippen LogP contribution in [0.25, 0.3) is 0 Å². The number of carbonyl (C=O) groups excluding carboxylic acids is 1. The Morgan fingerprint density at radius 1 is 1.29 bits per heavy atom. The van der Waals surface area contributed by atoms with Crippen molar-refractivity contribution in [2.75, 3.05) is 14.2 Å². The minimum absolute atomic E-state index is 0.158. The third-order valence-electron chi connectivity index (χ3n) is 4.93. The summed E-state index contributed by atoms with van der Waals surface area (Å²) in [5.41, 5.74) is 1.43. The van der Waals surface area contributed by atoms with Crippen molar-refractivity contribution in [3.05, 3.63) is 47.3 Å². The molecular weight excluding hydrogens is 304 g/mol. The Kier molecular flexibility index (Phi) is 4.60. The average Bonchev–Trinajstić information content (AvgIpc) is 3.24. The first-order valence-electron chi connectivity index (χ1n) is 8.37. The van der Waals surface area contributed by atoms with Gasteiger partial charge in [0, 0.05) is 13.1 Å². The van der Waals surface area contributed by atoms with E-state index in [-0.39, 0.29) is 5.91 Å². The van der Waals surface area contributed by atoms with Crippen LogP contribution in [0.1, 0.15) is 42.7 Å². The fraction of sp³-hybridized carbons (Fsp3) is 0.474. The number of hydrogen-bond donors (Lipinski definition) is 0. The first-order valence-corrected chi connectivity index (χ1v) is 8.37. The zero-order valence-corrected chi connectivity index (χ0v) is 14.5. The van der Waals surface area contributed by atoms with Crippen molar-refractivity contribution in [3.8, 4) is 5.75 Å². The molecule has 0 aliphatic heterocycles. The van der Waals surface area contributed by atoms with E-state index in [9.17, 15) is 4.79 Å². The van der Waals surface area contributed by atoms with Gasteiger partial charge in [0.1, 0.15) is 17.2 Å². The second-order valence-corrected chi connectivity index (χ2v) is 6.61. The largest absolute Gasteiger partial charge is 0.497 e. The van der Waals surface area contributed by atoms with Crippen molar-refractivity contribution >= 4 is 5.91 Å². The van der Waals surface area contributed by atoms with E-state index in [1.54, 1.807) is 12.0 Å². The molecule has 1 fully saturated rings. The minimum Gasteiger partial charge on any atom is -0.497 e. The lowest BCUT2D eigenvalue weighted by atomic mass is 9.77. The summed E-state index contributed by atoms with van der Waals surface area (Å²) in [4.78, 5) is 15.0. The molecule has 1 aromatic carbocycles. The highest BCUT2D eigenvalue weighted by Gasteiger charge is 2.44. The molecule has 0 N–H and O–H groups in total. The summed E-state index contributed by atoms with van der Waals surface area (Å²) in [5.74, 6) is 1.73. The summed E-state index contributed by atoms with van der Waals surface area (Å²) < 4.78 is 10.3. The minimum atomic E-state index is -0.431. The Morgan fingerprint density at radius 2 is 1.96 bits per heavy atom. The van der Waals surface area contributed by atoms with Crippen LogP contribution in [0.4, 0.5) is 0 Å². The van der Waals surface area contributed by atoms with Crippen molar-refractivity contribution in [2.45, 2.75) is 44.6 Å². The van der Waals surface area contributed by atoms with E-state index in [1.165, 1.54) is 0 Å². The zero-order chi connectivity index (χ0) is 17.2. The number of nitrogens with zero attached hydrogens (tertiary/aromatic N) is 2. The molecular formula is C19H24N2O3. The second-order valence-electron chi connectivity index (χ2n) is 6.61. The smallest absolute Gasteiger partial charge is 0.233 e. The van der Waals surface area contributed by atoms with Crippen molar-refractivity contribution in [1.82, 2.24) is 10.1 Å². The third kappa shape index (κ3) is 3.03. The van der Waals surface area contributed by atoms with Gasteiger partial charge >= 0.3 is 0 Å². The van der Waals surface area contributed by atoms with Gasteiger partial charge in [-0.15, -0.1) is 0 Å². The number of ether oxygens (including phenoxy) is 1. The summed E-state index contributed by atoms with van der Waals surface area (Å²) >= 11 is 0. The molecule has 0 unspecified atom stereocenters. The number of rotatable bonds is 5. The van der Waals surface area contributed by atoms with E-state index in [2.05, 4.69) is 5.16 Å². The molecule has 2 aromatic rings. The van der Waals surface area contributed by atoms with Crippen LogP contribution >= 0.6 is 0 Å². The quantitative estimate of drug-likeness (QED) is 0.843. The van der Waals surface area contributed by atoms with Crippen LogP contribution < -0.4 is 4.74 Å². The Balaban J connectivity index is 1.84. The van der Waals surface area contributed by atoms with Crippen molar-refractivity contribution < 1.29 is 14.1 Å². The second kappa shape index (κ2) is 6.67. The molecule has 24 heavy (non-hydrogen) atoms. The predicted octanol–water partition coefficient (Wildman–Crippen LogP) is 3.46. The molecule has 1 aromatic heterocycles. The van der Waals surface area contributed by atoms with Gasteiger partial charge in [-0.3, -0.25) is 4.79 Å². The summed E-state index contributed by atoms with van der Waals surface area (Å²) in [6, 6.07) is 9.79. The molecule has 128 valence electrons. The number of aryl methyl sites for hydroxylation is 1. The van der Waals surface area contributed by atoms with Crippen LogP contribution in [-0.2, 0) is 16.8 Å². The van der Waals surface area contributed by atoms with Gasteiger partial charge in [-0.1, -0.05) is 30.1 Å². The average molecular weight is 328 g/mol. The van der Waals surface area contributed by atoms with Gasteiger partial charge in [0.15, 0.2) is 0 Å². The monoisotopic (exact) mass is 328 g/mol. The van der Waals surface area contributed by atoms with Crippen LogP contribution in [0.15, 0.2) is 34.9 Å². The highest BCUT2D eigenvalue weighted by Crippen LogP contribution is 2.43. The molecule has 0 saturated heterocycles. The zero-order valence-electron chi connectivity index (χ0n) is 14.5. The summed E-state index contributed by atoms with van der Waals surface area (Å²) in [5, 5.41) is 4.00. The van der Waals surface area contributed by atoms with Gasteiger partial charge in [-0.2, -0.15) is 0 Å². The maximum absolute atomic E-state index is 13.3. The standard InChI is InChI=1S/C19H24N2O3/c1-14-12-16(20-24-14)13-21(2)18(22)19(10-4-5-11-19)15-6-8-17(23-3)9-7-15/h6-9,12H,4-5,10-11,13H2,1-3H3. The Morgan fingerprint density at radius 3 is 2.50 bits per heavy atom. The number of amides is 1. The molecule has 3 rings (SSSR count). The number of carbonyl (C=O) groups is 1. The molecule has 5 heteroatoms. The fourth-order valence-electron chi connectivity index (χ4n) is 3.69. The Hall–Kier alpha value is -2.30. The first-order chi connectivity index (χ1) is 11.5. The van der Waals surface area contributed by atoms with Crippen LogP contribution in [0, 0.1) is 6.92 Å². The Bertz CT molecular complexity index is 700. The van der Waals surface area contributed by atoms with Crippen molar-refractivity contribution in [1.29, 1.82) is 0 Å². The van der Waals surface area contributed by atoms with Gasteiger partial charge in [-0.05, 0) is 37.5 Å². The molecule has 1 amide bonds. The van der Waals surface area contributed by atoms with Gasteiger partial charge in [-0.25, -0.2) is 0 Å². The number of methoxy groups -OCH3 is 1.